The van der Waals surface area contributed by atoms with E-state index in [0.717, 1.165) is 32.9 Å². The van der Waals surface area contributed by atoms with Gasteiger partial charge in [0.2, 0.25) is 0 Å². The molecule has 0 amide bonds. The van der Waals surface area contributed by atoms with Crippen LogP contribution in [0.5, 0.6) is 0 Å². The van der Waals surface area contributed by atoms with Crippen molar-refractivity contribution in [2.24, 2.45) is 0 Å². The highest BCUT2D eigenvalue weighted by Gasteiger charge is 2.18. The molecule has 2 rings (SSSR count). The lowest BCUT2D eigenvalue weighted by molar-refractivity contribution is 0.590. The van der Waals surface area contributed by atoms with E-state index in [4.69, 9.17) is 11.6 Å². The summed E-state index contributed by atoms with van der Waals surface area (Å²) in [4.78, 5) is 1.02. The van der Waals surface area contributed by atoms with E-state index in [1.54, 1.807) is 17.4 Å². The number of rotatable bonds is 5. The van der Waals surface area contributed by atoms with Crippen LogP contribution in [0.3, 0.4) is 0 Å². The van der Waals surface area contributed by atoms with Crippen LogP contribution in [-0.4, -0.2) is 6.54 Å². The highest BCUT2D eigenvalue weighted by Crippen LogP contribution is 2.34. The Bertz CT molecular complexity index is 538. The van der Waals surface area contributed by atoms with Gasteiger partial charge < -0.3 is 5.32 Å². The highest BCUT2D eigenvalue weighted by molar-refractivity contribution is 9.10. The van der Waals surface area contributed by atoms with Gasteiger partial charge in [-0.3, -0.25) is 0 Å². The van der Waals surface area contributed by atoms with Crippen LogP contribution in [0, 0.1) is 5.82 Å². The highest BCUT2D eigenvalue weighted by atomic mass is 79.9. The van der Waals surface area contributed by atoms with E-state index in [1.807, 2.05) is 17.5 Å². The van der Waals surface area contributed by atoms with Crippen LogP contribution >= 0.6 is 38.9 Å². The molecule has 0 aliphatic rings. The zero-order valence-electron chi connectivity index (χ0n) is 10.4. The summed E-state index contributed by atoms with van der Waals surface area (Å²) in [6.45, 7) is 2.95. The summed E-state index contributed by atoms with van der Waals surface area (Å²) in [5.74, 6) is -0.250. The van der Waals surface area contributed by atoms with Gasteiger partial charge in [0.15, 0.2) is 0 Å². The Balaban J connectivity index is 2.39. The van der Waals surface area contributed by atoms with Gasteiger partial charge in [-0.05, 0) is 48.2 Å². The van der Waals surface area contributed by atoms with Crippen molar-refractivity contribution in [3.63, 3.8) is 0 Å². The summed E-state index contributed by atoms with van der Waals surface area (Å²) in [5.41, 5.74) is 0.879. The summed E-state index contributed by atoms with van der Waals surface area (Å²) < 4.78 is 14.3. The fourth-order valence-electron chi connectivity index (χ4n) is 1.90. The SMILES string of the molecule is CCCNC(c1cc(F)cc(Br)c1)c1sccc1Cl. The monoisotopic (exact) mass is 361 g/mol. The van der Waals surface area contributed by atoms with Crippen molar-refractivity contribution in [2.45, 2.75) is 19.4 Å². The number of benzene rings is 1. The van der Waals surface area contributed by atoms with Crippen LogP contribution in [0.2, 0.25) is 5.02 Å². The van der Waals surface area contributed by atoms with Crippen molar-refractivity contribution < 1.29 is 4.39 Å². The second-order valence-electron chi connectivity index (χ2n) is 4.22. The standard InChI is InChI=1S/C14H14BrClFNS/c1-2-4-18-13(14-12(16)3-5-19-14)9-6-10(15)8-11(17)7-9/h3,5-8,13,18H,2,4H2,1H3. The first kappa shape index (κ1) is 15.0. The maximum Gasteiger partial charge on any atom is 0.124 e. The normalized spacial score (nSPS) is 12.6. The molecule has 1 unspecified atom stereocenters. The van der Waals surface area contributed by atoms with Crippen molar-refractivity contribution in [1.82, 2.24) is 5.32 Å². The molecule has 1 heterocycles. The molecule has 0 aliphatic heterocycles. The Hall–Kier alpha value is -0.420. The van der Waals surface area contributed by atoms with Gasteiger partial charge in [0.05, 0.1) is 11.1 Å². The van der Waals surface area contributed by atoms with E-state index in [9.17, 15) is 4.39 Å². The Labute approximate surface area is 129 Å². The Kier molecular flexibility index (Phi) is 5.39. The van der Waals surface area contributed by atoms with Crippen molar-refractivity contribution in [2.75, 3.05) is 6.54 Å². The fraction of sp³-hybridized carbons (Fsp3) is 0.286. The molecule has 0 fully saturated rings. The summed E-state index contributed by atoms with van der Waals surface area (Å²) >= 11 is 11.1. The van der Waals surface area contributed by atoms with Crippen molar-refractivity contribution in [3.05, 3.63) is 55.4 Å². The van der Waals surface area contributed by atoms with Crippen LogP contribution in [-0.2, 0) is 0 Å². The molecular formula is C14H14BrClFNS. The van der Waals surface area contributed by atoms with E-state index < -0.39 is 0 Å². The molecular weight excluding hydrogens is 349 g/mol. The molecule has 5 heteroatoms. The zero-order chi connectivity index (χ0) is 13.8. The summed E-state index contributed by atoms with van der Waals surface area (Å²) in [5, 5.41) is 6.09. The minimum Gasteiger partial charge on any atom is -0.306 e. The molecule has 0 saturated heterocycles. The third-order valence-electron chi connectivity index (χ3n) is 2.72. The molecule has 102 valence electrons. The minimum absolute atomic E-state index is 0.0700. The van der Waals surface area contributed by atoms with E-state index in [2.05, 4.69) is 28.2 Å². The van der Waals surface area contributed by atoms with Gasteiger partial charge >= 0.3 is 0 Å². The topological polar surface area (TPSA) is 12.0 Å². The zero-order valence-corrected chi connectivity index (χ0v) is 13.6. The maximum absolute atomic E-state index is 13.6. The number of nitrogens with one attached hydrogen (secondary N) is 1. The van der Waals surface area contributed by atoms with E-state index in [0.29, 0.717) is 0 Å². The van der Waals surface area contributed by atoms with Gasteiger partial charge in [0.25, 0.3) is 0 Å². The molecule has 19 heavy (non-hydrogen) atoms. The smallest absolute Gasteiger partial charge is 0.124 e. The van der Waals surface area contributed by atoms with Crippen LogP contribution in [0.1, 0.15) is 29.8 Å². The maximum atomic E-state index is 13.6. The predicted molar refractivity (Wildman–Crippen MR) is 83.6 cm³/mol. The van der Waals surface area contributed by atoms with Crippen molar-refractivity contribution in [3.8, 4) is 0 Å². The Morgan fingerprint density at radius 3 is 2.79 bits per heavy atom. The van der Waals surface area contributed by atoms with Gasteiger partial charge in [-0.2, -0.15) is 0 Å². The van der Waals surface area contributed by atoms with Crippen LogP contribution < -0.4 is 5.32 Å². The Morgan fingerprint density at radius 2 is 2.21 bits per heavy atom. The molecule has 2 aromatic rings. The largest absolute Gasteiger partial charge is 0.306 e. The summed E-state index contributed by atoms with van der Waals surface area (Å²) in [6.07, 6.45) is 1.01. The molecule has 0 aliphatic carbocycles. The number of thiophene rings is 1. The van der Waals surface area contributed by atoms with Crippen LogP contribution in [0.25, 0.3) is 0 Å². The molecule has 0 saturated carbocycles. The first-order valence-corrected chi connectivity index (χ1v) is 8.09. The first-order valence-electron chi connectivity index (χ1n) is 6.04. The first-order chi connectivity index (χ1) is 9.11. The van der Waals surface area contributed by atoms with Crippen LogP contribution in [0.4, 0.5) is 4.39 Å². The lowest BCUT2D eigenvalue weighted by Crippen LogP contribution is -2.22. The average molecular weight is 363 g/mol. The number of halogens is 3. The molecule has 0 radical (unpaired) electrons. The quantitative estimate of drug-likeness (QED) is 0.751. The second kappa shape index (κ2) is 6.84. The third kappa shape index (κ3) is 3.78. The molecule has 1 N–H and O–H groups in total. The lowest BCUT2D eigenvalue weighted by atomic mass is 10.0. The molecule has 1 aromatic carbocycles. The lowest BCUT2D eigenvalue weighted by Gasteiger charge is -2.19. The number of hydrogen-bond acceptors (Lipinski definition) is 2. The van der Waals surface area contributed by atoms with Crippen LogP contribution in [0.15, 0.2) is 34.1 Å². The average Bonchev–Trinajstić information content (AvgIpc) is 2.75. The summed E-state index contributed by atoms with van der Waals surface area (Å²) in [7, 11) is 0. The van der Waals surface area contributed by atoms with Gasteiger partial charge in [0.1, 0.15) is 5.82 Å². The molecule has 1 aromatic heterocycles. The summed E-state index contributed by atoms with van der Waals surface area (Å²) in [6, 6.07) is 6.73. The number of hydrogen-bond donors (Lipinski definition) is 1. The second-order valence-corrected chi connectivity index (χ2v) is 6.49. The Morgan fingerprint density at radius 1 is 1.42 bits per heavy atom. The van der Waals surface area contributed by atoms with Crippen molar-refractivity contribution >= 4 is 38.9 Å². The predicted octanol–water partition coefficient (Wildman–Crippen LogP) is 5.39. The molecule has 1 atom stereocenters. The van der Waals surface area contributed by atoms with Gasteiger partial charge in [-0.1, -0.05) is 34.5 Å². The van der Waals surface area contributed by atoms with Crippen molar-refractivity contribution in [1.29, 1.82) is 0 Å². The van der Waals surface area contributed by atoms with E-state index >= 15 is 0 Å². The third-order valence-corrected chi connectivity index (χ3v) is 4.60. The van der Waals surface area contributed by atoms with E-state index in [1.165, 1.54) is 6.07 Å². The van der Waals surface area contributed by atoms with E-state index in [-0.39, 0.29) is 11.9 Å². The fourth-order valence-corrected chi connectivity index (χ4v) is 3.65. The minimum atomic E-state index is -0.250. The van der Waals surface area contributed by atoms with Gasteiger partial charge in [-0.25, -0.2) is 4.39 Å². The van der Waals surface area contributed by atoms with Gasteiger partial charge in [-0.15, -0.1) is 11.3 Å². The molecule has 0 bridgehead atoms. The molecule has 0 spiro atoms. The van der Waals surface area contributed by atoms with Gasteiger partial charge in [0, 0.05) is 9.35 Å². The molecule has 1 nitrogen and oxygen atoms in total.